The van der Waals surface area contributed by atoms with Gasteiger partial charge in [0, 0.05) is 43.9 Å². The highest BCUT2D eigenvalue weighted by Gasteiger charge is 2.21. The van der Waals surface area contributed by atoms with E-state index in [4.69, 9.17) is 4.74 Å². The van der Waals surface area contributed by atoms with E-state index in [-0.39, 0.29) is 11.7 Å². The van der Waals surface area contributed by atoms with Crippen LogP contribution < -0.4 is 15.2 Å². The first-order chi connectivity index (χ1) is 10.2. The van der Waals surface area contributed by atoms with Crippen molar-refractivity contribution in [2.75, 3.05) is 18.0 Å². The van der Waals surface area contributed by atoms with Crippen molar-refractivity contribution in [3.8, 4) is 5.75 Å². The number of H-pyrrole nitrogens is 1. The molecule has 110 valence electrons. The van der Waals surface area contributed by atoms with Gasteiger partial charge in [0.05, 0.1) is 0 Å². The molecule has 0 atom stereocenters. The first kappa shape index (κ1) is 13.7. The number of anilines is 1. The fraction of sp³-hybridized carbons (Fsp3) is 0.353. The first-order valence-corrected chi connectivity index (χ1v) is 7.38. The molecule has 4 heteroatoms. The lowest BCUT2D eigenvalue weighted by Crippen LogP contribution is -2.38. The normalized spacial score (nSPS) is 16.0. The van der Waals surface area contributed by atoms with Crippen LogP contribution in [0.15, 0.2) is 47.4 Å². The van der Waals surface area contributed by atoms with Crippen LogP contribution in [0.25, 0.3) is 0 Å². The summed E-state index contributed by atoms with van der Waals surface area (Å²) in [6.45, 7) is 3.90. The van der Waals surface area contributed by atoms with E-state index in [9.17, 15) is 4.79 Å². The molecule has 0 saturated carbocycles. The van der Waals surface area contributed by atoms with E-state index in [1.54, 1.807) is 12.3 Å². The van der Waals surface area contributed by atoms with Crippen LogP contribution in [0.4, 0.5) is 5.69 Å². The molecule has 1 aliphatic rings. The van der Waals surface area contributed by atoms with Gasteiger partial charge in [-0.25, -0.2) is 0 Å². The van der Waals surface area contributed by atoms with Crippen molar-refractivity contribution in [1.82, 2.24) is 4.98 Å². The van der Waals surface area contributed by atoms with Gasteiger partial charge in [0.25, 0.3) is 0 Å². The fourth-order valence-electron chi connectivity index (χ4n) is 2.73. The standard InChI is InChI=1S/C17H20N2O2/c1-13-4-2-3-5-16(13)21-15-7-10-19(11-8-15)14-6-9-18-17(20)12-14/h2-6,9,12,15H,7-8,10-11H2,1H3,(H,18,20). The summed E-state index contributed by atoms with van der Waals surface area (Å²) in [6.07, 6.45) is 3.90. The molecule has 21 heavy (non-hydrogen) atoms. The number of aromatic amines is 1. The van der Waals surface area contributed by atoms with Crippen LogP contribution in [0.1, 0.15) is 18.4 Å². The molecule has 0 unspecified atom stereocenters. The molecule has 1 aliphatic heterocycles. The molecule has 1 aromatic heterocycles. The highest BCUT2D eigenvalue weighted by Crippen LogP contribution is 2.24. The van der Waals surface area contributed by atoms with Gasteiger partial charge in [0.15, 0.2) is 0 Å². The zero-order valence-electron chi connectivity index (χ0n) is 12.2. The monoisotopic (exact) mass is 284 g/mol. The zero-order valence-corrected chi connectivity index (χ0v) is 12.2. The minimum absolute atomic E-state index is 0.0502. The average Bonchev–Trinajstić information content (AvgIpc) is 2.50. The molecule has 1 fully saturated rings. The van der Waals surface area contributed by atoms with Gasteiger partial charge in [-0.1, -0.05) is 18.2 Å². The van der Waals surface area contributed by atoms with E-state index in [1.165, 1.54) is 5.56 Å². The number of ether oxygens (including phenoxy) is 1. The molecule has 1 N–H and O–H groups in total. The maximum atomic E-state index is 11.4. The second-order valence-electron chi connectivity index (χ2n) is 5.48. The Balaban J connectivity index is 1.60. The van der Waals surface area contributed by atoms with Gasteiger partial charge in [-0.3, -0.25) is 4.79 Å². The number of para-hydroxylation sites is 1. The van der Waals surface area contributed by atoms with Crippen LogP contribution in [0.5, 0.6) is 5.75 Å². The molecule has 0 amide bonds. The van der Waals surface area contributed by atoms with E-state index < -0.39 is 0 Å². The molecular weight excluding hydrogens is 264 g/mol. The Morgan fingerprint density at radius 3 is 2.67 bits per heavy atom. The number of nitrogens with zero attached hydrogens (tertiary/aromatic N) is 1. The van der Waals surface area contributed by atoms with Gasteiger partial charge < -0.3 is 14.6 Å². The summed E-state index contributed by atoms with van der Waals surface area (Å²) in [5, 5.41) is 0. The van der Waals surface area contributed by atoms with Crippen molar-refractivity contribution in [3.63, 3.8) is 0 Å². The first-order valence-electron chi connectivity index (χ1n) is 7.38. The van der Waals surface area contributed by atoms with E-state index in [0.717, 1.165) is 37.4 Å². The van der Waals surface area contributed by atoms with Crippen LogP contribution in [0.3, 0.4) is 0 Å². The van der Waals surface area contributed by atoms with Crippen LogP contribution in [0.2, 0.25) is 0 Å². The predicted molar refractivity (Wildman–Crippen MR) is 84.1 cm³/mol. The summed E-state index contributed by atoms with van der Waals surface area (Å²) >= 11 is 0. The Morgan fingerprint density at radius 2 is 1.95 bits per heavy atom. The number of hydrogen-bond acceptors (Lipinski definition) is 3. The Bertz CT molecular complexity index is 658. The van der Waals surface area contributed by atoms with Gasteiger partial charge in [-0.2, -0.15) is 0 Å². The van der Waals surface area contributed by atoms with Gasteiger partial charge in [-0.05, 0) is 24.6 Å². The van der Waals surface area contributed by atoms with Gasteiger partial charge in [0.1, 0.15) is 11.9 Å². The summed E-state index contributed by atoms with van der Waals surface area (Å²) < 4.78 is 6.10. The summed E-state index contributed by atoms with van der Waals surface area (Å²) in [5.41, 5.74) is 2.12. The molecule has 0 radical (unpaired) electrons. The SMILES string of the molecule is Cc1ccccc1OC1CCN(c2cc[nH]c(=O)c2)CC1. The highest BCUT2D eigenvalue weighted by molar-refractivity contribution is 5.45. The Morgan fingerprint density at radius 1 is 1.19 bits per heavy atom. The molecule has 0 spiro atoms. The molecule has 2 heterocycles. The molecule has 1 saturated heterocycles. The van der Waals surface area contributed by atoms with Crippen molar-refractivity contribution in [3.05, 3.63) is 58.5 Å². The van der Waals surface area contributed by atoms with Crippen molar-refractivity contribution in [2.45, 2.75) is 25.9 Å². The lowest BCUT2D eigenvalue weighted by Gasteiger charge is -2.33. The summed E-state index contributed by atoms with van der Waals surface area (Å²) in [6, 6.07) is 11.7. The number of aryl methyl sites for hydroxylation is 1. The number of hydrogen-bond donors (Lipinski definition) is 1. The number of benzene rings is 1. The Labute approximate surface area is 124 Å². The number of piperidine rings is 1. The van der Waals surface area contributed by atoms with E-state index in [0.29, 0.717) is 0 Å². The van der Waals surface area contributed by atoms with E-state index in [1.807, 2.05) is 24.3 Å². The maximum Gasteiger partial charge on any atom is 0.249 e. The lowest BCUT2D eigenvalue weighted by atomic mass is 10.1. The predicted octanol–water partition coefficient (Wildman–Crippen LogP) is 2.73. The summed E-state index contributed by atoms with van der Waals surface area (Å²) in [7, 11) is 0. The average molecular weight is 284 g/mol. The number of rotatable bonds is 3. The molecule has 3 rings (SSSR count). The number of nitrogens with one attached hydrogen (secondary N) is 1. The molecule has 0 bridgehead atoms. The Kier molecular flexibility index (Phi) is 3.95. The molecule has 0 aliphatic carbocycles. The van der Waals surface area contributed by atoms with Gasteiger partial charge >= 0.3 is 0 Å². The number of pyridine rings is 1. The van der Waals surface area contributed by atoms with Crippen molar-refractivity contribution < 1.29 is 4.74 Å². The molecule has 2 aromatic rings. The highest BCUT2D eigenvalue weighted by atomic mass is 16.5. The van der Waals surface area contributed by atoms with E-state index in [2.05, 4.69) is 22.9 Å². The van der Waals surface area contributed by atoms with Crippen LogP contribution >= 0.6 is 0 Å². The summed E-state index contributed by atoms with van der Waals surface area (Å²) in [4.78, 5) is 16.3. The smallest absolute Gasteiger partial charge is 0.249 e. The molecular formula is C17H20N2O2. The van der Waals surface area contributed by atoms with Crippen LogP contribution in [-0.4, -0.2) is 24.2 Å². The maximum absolute atomic E-state index is 11.4. The van der Waals surface area contributed by atoms with Crippen molar-refractivity contribution in [2.24, 2.45) is 0 Å². The van der Waals surface area contributed by atoms with Crippen molar-refractivity contribution >= 4 is 5.69 Å². The van der Waals surface area contributed by atoms with Crippen LogP contribution in [-0.2, 0) is 0 Å². The zero-order chi connectivity index (χ0) is 14.7. The number of aromatic nitrogens is 1. The van der Waals surface area contributed by atoms with Gasteiger partial charge in [-0.15, -0.1) is 0 Å². The minimum Gasteiger partial charge on any atom is -0.490 e. The third-order valence-electron chi connectivity index (χ3n) is 3.95. The van der Waals surface area contributed by atoms with E-state index >= 15 is 0 Å². The largest absolute Gasteiger partial charge is 0.490 e. The summed E-state index contributed by atoms with van der Waals surface area (Å²) in [5.74, 6) is 0.979. The quantitative estimate of drug-likeness (QED) is 0.942. The third kappa shape index (κ3) is 3.27. The minimum atomic E-state index is -0.0502. The second kappa shape index (κ2) is 6.04. The van der Waals surface area contributed by atoms with Crippen molar-refractivity contribution in [1.29, 1.82) is 0 Å². The van der Waals surface area contributed by atoms with Gasteiger partial charge in [0.2, 0.25) is 5.56 Å². The fourth-order valence-corrected chi connectivity index (χ4v) is 2.73. The second-order valence-corrected chi connectivity index (χ2v) is 5.48. The third-order valence-corrected chi connectivity index (χ3v) is 3.95. The topological polar surface area (TPSA) is 45.3 Å². The molecule has 1 aromatic carbocycles. The lowest BCUT2D eigenvalue weighted by molar-refractivity contribution is 0.170. The molecule has 4 nitrogen and oxygen atoms in total. The Hall–Kier alpha value is -2.23. The van der Waals surface area contributed by atoms with Crippen LogP contribution in [0, 0.1) is 6.92 Å².